The predicted molar refractivity (Wildman–Crippen MR) is 79.9 cm³/mol. The summed E-state index contributed by atoms with van der Waals surface area (Å²) in [6, 6.07) is 0. The Morgan fingerprint density at radius 2 is 1.95 bits per heavy atom. The van der Waals surface area contributed by atoms with Crippen molar-refractivity contribution in [3.05, 3.63) is 0 Å². The second-order valence-electron chi connectivity index (χ2n) is 5.39. The summed E-state index contributed by atoms with van der Waals surface area (Å²) in [6.45, 7) is 6.30. The number of unbranched alkanes of at least 4 members (excludes halogenated alkanes) is 3. The largest absolute Gasteiger partial charge is 0.395 e. The van der Waals surface area contributed by atoms with Crippen molar-refractivity contribution in [3.8, 4) is 0 Å². The summed E-state index contributed by atoms with van der Waals surface area (Å²) in [5.41, 5.74) is 5.51. The van der Waals surface area contributed by atoms with Crippen LogP contribution in [0, 0.1) is 5.92 Å². The molecule has 0 aromatic heterocycles. The Balaban J connectivity index is 3.95. The van der Waals surface area contributed by atoms with E-state index in [1.165, 1.54) is 12.8 Å². The van der Waals surface area contributed by atoms with Crippen LogP contribution in [0.5, 0.6) is 0 Å². The summed E-state index contributed by atoms with van der Waals surface area (Å²) >= 11 is 0. The SMILES string of the molecule is CCCCCCN(CCO)C(=O)CCC(C)CCN. The fourth-order valence-corrected chi connectivity index (χ4v) is 2.17. The van der Waals surface area contributed by atoms with Crippen molar-refractivity contribution in [2.75, 3.05) is 26.2 Å². The molecular formula is C15H32N2O2. The number of amides is 1. The van der Waals surface area contributed by atoms with E-state index in [4.69, 9.17) is 10.8 Å². The van der Waals surface area contributed by atoms with Crippen LogP contribution in [-0.2, 0) is 4.79 Å². The van der Waals surface area contributed by atoms with Crippen LogP contribution in [0.15, 0.2) is 0 Å². The number of nitrogens with zero attached hydrogens (tertiary/aromatic N) is 1. The van der Waals surface area contributed by atoms with Gasteiger partial charge in [0.15, 0.2) is 0 Å². The quantitative estimate of drug-likeness (QED) is 0.535. The maximum absolute atomic E-state index is 12.1. The Morgan fingerprint density at radius 3 is 2.53 bits per heavy atom. The molecule has 0 aromatic carbocycles. The topological polar surface area (TPSA) is 66.6 Å². The minimum absolute atomic E-state index is 0.0534. The molecular weight excluding hydrogens is 240 g/mol. The zero-order valence-corrected chi connectivity index (χ0v) is 12.7. The standard InChI is InChI=1S/C15H32N2O2/c1-3-4-5-6-11-17(12-13-18)15(19)8-7-14(2)9-10-16/h14,18H,3-13,16H2,1-2H3. The second-order valence-corrected chi connectivity index (χ2v) is 5.39. The Hall–Kier alpha value is -0.610. The predicted octanol–water partition coefficient (Wildman–Crippen LogP) is 2.15. The molecule has 19 heavy (non-hydrogen) atoms. The Kier molecular flexibility index (Phi) is 12.0. The molecule has 0 bridgehead atoms. The van der Waals surface area contributed by atoms with E-state index in [9.17, 15) is 4.79 Å². The van der Waals surface area contributed by atoms with Gasteiger partial charge in [-0.3, -0.25) is 4.79 Å². The highest BCUT2D eigenvalue weighted by Crippen LogP contribution is 2.11. The smallest absolute Gasteiger partial charge is 0.222 e. The van der Waals surface area contributed by atoms with Crippen LogP contribution < -0.4 is 5.73 Å². The summed E-state index contributed by atoms with van der Waals surface area (Å²) in [6.07, 6.45) is 7.07. The zero-order valence-electron chi connectivity index (χ0n) is 12.7. The molecule has 4 heteroatoms. The van der Waals surface area contributed by atoms with Crippen LogP contribution in [-0.4, -0.2) is 42.2 Å². The van der Waals surface area contributed by atoms with E-state index in [1.54, 1.807) is 0 Å². The molecule has 114 valence electrons. The van der Waals surface area contributed by atoms with Crippen LogP contribution in [0.4, 0.5) is 0 Å². The molecule has 0 aromatic rings. The van der Waals surface area contributed by atoms with Gasteiger partial charge < -0.3 is 15.7 Å². The van der Waals surface area contributed by atoms with E-state index in [2.05, 4.69) is 13.8 Å². The first-order valence-electron chi connectivity index (χ1n) is 7.74. The van der Waals surface area contributed by atoms with Crippen molar-refractivity contribution in [1.29, 1.82) is 0 Å². The Labute approximate surface area is 118 Å². The van der Waals surface area contributed by atoms with Crippen LogP contribution in [0.1, 0.15) is 58.8 Å². The maximum atomic E-state index is 12.1. The first kappa shape index (κ1) is 18.4. The number of aliphatic hydroxyl groups is 1. The number of aliphatic hydroxyl groups excluding tert-OH is 1. The molecule has 1 amide bonds. The average Bonchev–Trinajstić information content (AvgIpc) is 2.40. The van der Waals surface area contributed by atoms with Gasteiger partial charge in [-0.15, -0.1) is 0 Å². The van der Waals surface area contributed by atoms with Crippen molar-refractivity contribution in [3.63, 3.8) is 0 Å². The molecule has 0 saturated carbocycles. The van der Waals surface area contributed by atoms with Gasteiger partial charge >= 0.3 is 0 Å². The lowest BCUT2D eigenvalue weighted by molar-refractivity contribution is -0.132. The third-order valence-electron chi connectivity index (χ3n) is 3.51. The van der Waals surface area contributed by atoms with Gasteiger partial charge in [0, 0.05) is 19.5 Å². The summed E-state index contributed by atoms with van der Waals surface area (Å²) in [7, 11) is 0. The van der Waals surface area contributed by atoms with E-state index in [0.717, 1.165) is 32.2 Å². The van der Waals surface area contributed by atoms with Crippen molar-refractivity contribution in [2.45, 2.75) is 58.8 Å². The Morgan fingerprint density at radius 1 is 1.21 bits per heavy atom. The molecule has 3 N–H and O–H groups in total. The van der Waals surface area contributed by atoms with Crippen LogP contribution in [0.2, 0.25) is 0 Å². The van der Waals surface area contributed by atoms with Gasteiger partial charge in [-0.25, -0.2) is 0 Å². The van der Waals surface area contributed by atoms with E-state index in [0.29, 0.717) is 25.4 Å². The summed E-state index contributed by atoms with van der Waals surface area (Å²) in [5, 5.41) is 9.04. The molecule has 1 atom stereocenters. The number of nitrogens with two attached hydrogens (primary N) is 1. The molecule has 0 aliphatic heterocycles. The molecule has 0 aliphatic rings. The molecule has 0 radical (unpaired) electrons. The number of hydrogen-bond acceptors (Lipinski definition) is 3. The van der Waals surface area contributed by atoms with Gasteiger partial charge in [-0.05, 0) is 31.7 Å². The zero-order chi connectivity index (χ0) is 14.5. The highest BCUT2D eigenvalue weighted by atomic mass is 16.3. The molecule has 0 spiro atoms. The van der Waals surface area contributed by atoms with Gasteiger partial charge in [0.1, 0.15) is 0 Å². The van der Waals surface area contributed by atoms with Crippen molar-refractivity contribution in [2.24, 2.45) is 11.7 Å². The normalized spacial score (nSPS) is 12.4. The monoisotopic (exact) mass is 272 g/mol. The van der Waals surface area contributed by atoms with Crippen molar-refractivity contribution in [1.82, 2.24) is 4.90 Å². The van der Waals surface area contributed by atoms with Gasteiger partial charge in [0.05, 0.1) is 6.61 Å². The summed E-state index contributed by atoms with van der Waals surface area (Å²) in [5.74, 6) is 0.680. The lowest BCUT2D eigenvalue weighted by Crippen LogP contribution is -2.34. The molecule has 0 fully saturated rings. The maximum Gasteiger partial charge on any atom is 0.222 e. The third-order valence-corrected chi connectivity index (χ3v) is 3.51. The first-order valence-corrected chi connectivity index (χ1v) is 7.74. The lowest BCUT2D eigenvalue weighted by Gasteiger charge is -2.22. The molecule has 0 rings (SSSR count). The van der Waals surface area contributed by atoms with Crippen molar-refractivity contribution >= 4 is 5.91 Å². The van der Waals surface area contributed by atoms with Crippen molar-refractivity contribution < 1.29 is 9.90 Å². The molecule has 0 heterocycles. The van der Waals surface area contributed by atoms with Crippen LogP contribution in [0.25, 0.3) is 0 Å². The van der Waals surface area contributed by atoms with Gasteiger partial charge in [-0.2, -0.15) is 0 Å². The minimum atomic E-state index is 0.0534. The van der Waals surface area contributed by atoms with Gasteiger partial charge in [0.25, 0.3) is 0 Å². The molecule has 1 unspecified atom stereocenters. The highest BCUT2D eigenvalue weighted by Gasteiger charge is 2.13. The fraction of sp³-hybridized carbons (Fsp3) is 0.933. The number of carbonyl (C=O) groups excluding carboxylic acids is 1. The molecule has 0 saturated heterocycles. The number of rotatable bonds is 12. The number of hydrogen-bond donors (Lipinski definition) is 2. The van der Waals surface area contributed by atoms with E-state index in [1.807, 2.05) is 4.90 Å². The second kappa shape index (κ2) is 12.4. The number of carbonyl (C=O) groups is 1. The average molecular weight is 272 g/mol. The highest BCUT2D eigenvalue weighted by molar-refractivity contribution is 5.76. The fourth-order valence-electron chi connectivity index (χ4n) is 2.17. The van der Waals surface area contributed by atoms with E-state index >= 15 is 0 Å². The van der Waals surface area contributed by atoms with Gasteiger partial charge in [-0.1, -0.05) is 33.1 Å². The lowest BCUT2D eigenvalue weighted by atomic mass is 10.0. The van der Waals surface area contributed by atoms with Gasteiger partial charge in [0.2, 0.25) is 5.91 Å². The molecule has 4 nitrogen and oxygen atoms in total. The first-order chi connectivity index (χ1) is 9.15. The van der Waals surface area contributed by atoms with E-state index in [-0.39, 0.29) is 12.5 Å². The summed E-state index contributed by atoms with van der Waals surface area (Å²) < 4.78 is 0. The Bertz CT molecular complexity index is 222. The molecule has 0 aliphatic carbocycles. The van der Waals surface area contributed by atoms with Crippen LogP contribution in [0.3, 0.4) is 0 Å². The third kappa shape index (κ3) is 9.91. The van der Waals surface area contributed by atoms with E-state index < -0.39 is 0 Å². The van der Waals surface area contributed by atoms with Crippen LogP contribution >= 0.6 is 0 Å². The summed E-state index contributed by atoms with van der Waals surface area (Å²) in [4.78, 5) is 13.9. The minimum Gasteiger partial charge on any atom is -0.395 e.